The molecule has 0 saturated heterocycles. The maximum absolute atomic E-state index is 12.4. The summed E-state index contributed by atoms with van der Waals surface area (Å²) in [7, 11) is 0. The molecule has 9 nitrogen and oxygen atoms in total. The number of nitrogens with two attached hydrogens (primary N) is 1. The van der Waals surface area contributed by atoms with E-state index < -0.39 is 5.91 Å². The number of fused-ring (bicyclic) bond motifs is 1. The maximum atomic E-state index is 12.4. The van der Waals surface area contributed by atoms with Gasteiger partial charge in [0.25, 0.3) is 17.7 Å². The molecule has 0 spiro atoms. The van der Waals surface area contributed by atoms with Gasteiger partial charge in [-0.05, 0) is 49.2 Å². The fourth-order valence-electron chi connectivity index (χ4n) is 3.49. The van der Waals surface area contributed by atoms with E-state index in [0.717, 1.165) is 18.4 Å². The van der Waals surface area contributed by atoms with Crippen LogP contribution >= 0.6 is 0 Å². The van der Waals surface area contributed by atoms with E-state index in [0.29, 0.717) is 48.0 Å². The molecule has 1 aromatic heterocycles. The summed E-state index contributed by atoms with van der Waals surface area (Å²) < 4.78 is 10.5. The van der Waals surface area contributed by atoms with Crippen LogP contribution in [-0.4, -0.2) is 45.9 Å². The molecule has 3 aromatic rings. The van der Waals surface area contributed by atoms with Crippen LogP contribution in [0.3, 0.4) is 0 Å². The molecule has 0 atom stereocenters. The van der Waals surface area contributed by atoms with Gasteiger partial charge in [-0.2, -0.15) is 4.98 Å². The summed E-state index contributed by atoms with van der Waals surface area (Å²) in [5, 5.41) is 4.00. The van der Waals surface area contributed by atoms with Gasteiger partial charge in [0, 0.05) is 18.5 Å². The van der Waals surface area contributed by atoms with E-state index in [2.05, 4.69) is 10.1 Å². The molecule has 2 heterocycles. The Morgan fingerprint density at radius 3 is 2.31 bits per heavy atom. The van der Waals surface area contributed by atoms with Gasteiger partial charge in [-0.15, -0.1) is 0 Å². The second kappa shape index (κ2) is 9.42. The normalized spacial score (nSPS) is 12.8. The highest BCUT2D eigenvalue weighted by atomic mass is 16.5. The minimum Gasteiger partial charge on any atom is -0.484 e. The van der Waals surface area contributed by atoms with Crippen LogP contribution in [0.4, 0.5) is 0 Å². The number of benzene rings is 2. The summed E-state index contributed by atoms with van der Waals surface area (Å²) >= 11 is 0. The number of aryl methyl sites for hydroxylation is 1. The predicted octanol–water partition coefficient (Wildman–Crippen LogP) is 2.61. The van der Waals surface area contributed by atoms with Gasteiger partial charge in [-0.1, -0.05) is 23.7 Å². The molecule has 32 heavy (non-hydrogen) atoms. The van der Waals surface area contributed by atoms with Crippen molar-refractivity contribution < 1.29 is 23.6 Å². The number of carbonyl (C=O) groups excluding carboxylic acids is 3. The van der Waals surface area contributed by atoms with Gasteiger partial charge >= 0.3 is 0 Å². The highest BCUT2D eigenvalue weighted by Crippen LogP contribution is 2.23. The van der Waals surface area contributed by atoms with E-state index >= 15 is 0 Å². The zero-order valence-corrected chi connectivity index (χ0v) is 17.3. The Morgan fingerprint density at radius 2 is 1.66 bits per heavy atom. The molecule has 0 bridgehead atoms. The van der Waals surface area contributed by atoms with Crippen molar-refractivity contribution in [3.05, 3.63) is 65.5 Å². The Hall–Kier alpha value is -4.01. The number of nitrogens with zero attached hydrogens (tertiary/aromatic N) is 3. The molecule has 0 unspecified atom stereocenters. The Balaban J connectivity index is 1.22. The van der Waals surface area contributed by atoms with Crippen molar-refractivity contribution in [2.45, 2.75) is 25.7 Å². The number of carbonyl (C=O) groups is 3. The topological polar surface area (TPSA) is 129 Å². The first kappa shape index (κ1) is 21.2. The van der Waals surface area contributed by atoms with Crippen LogP contribution in [0.5, 0.6) is 5.75 Å². The Morgan fingerprint density at radius 1 is 0.969 bits per heavy atom. The number of hydrogen-bond donors (Lipinski definition) is 1. The molecule has 0 saturated carbocycles. The van der Waals surface area contributed by atoms with E-state index in [1.165, 1.54) is 4.90 Å². The number of amides is 3. The first-order chi connectivity index (χ1) is 15.5. The van der Waals surface area contributed by atoms with Crippen molar-refractivity contribution in [1.29, 1.82) is 0 Å². The van der Waals surface area contributed by atoms with Crippen molar-refractivity contribution in [3.63, 3.8) is 0 Å². The van der Waals surface area contributed by atoms with Gasteiger partial charge in [0.15, 0.2) is 6.61 Å². The van der Waals surface area contributed by atoms with E-state index in [4.69, 9.17) is 15.0 Å². The number of unbranched alkanes of at least 4 members (excludes halogenated alkanes) is 2. The number of primary amides is 1. The Labute approximate surface area is 184 Å². The zero-order valence-electron chi connectivity index (χ0n) is 17.3. The monoisotopic (exact) mass is 434 g/mol. The van der Waals surface area contributed by atoms with Gasteiger partial charge in [-0.25, -0.2) is 0 Å². The average Bonchev–Trinajstić information content (AvgIpc) is 3.37. The summed E-state index contributed by atoms with van der Waals surface area (Å²) in [5.41, 5.74) is 6.77. The van der Waals surface area contributed by atoms with E-state index in [-0.39, 0.29) is 18.4 Å². The van der Waals surface area contributed by atoms with Crippen molar-refractivity contribution in [3.8, 4) is 17.1 Å². The molecule has 4 rings (SSSR count). The first-order valence-corrected chi connectivity index (χ1v) is 10.3. The third-order valence-electron chi connectivity index (χ3n) is 5.11. The predicted molar refractivity (Wildman–Crippen MR) is 114 cm³/mol. The lowest BCUT2D eigenvalue weighted by Crippen LogP contribution is -2.30. The number of imide groups is 1. The molecule has 2 N–H and O–H groups in total. The summed E-state index contributed by atoms with van der Waals surface area (Å²) in [5.74, 6) is 0.522. The second-order valence-corrected chi connectivity index (χ2v) is 7.41. The third kappa shape index (κ3) is 4.66. The van der Waals surface area contributed by atoms with Gasteiger partial charge in [0.2, 0.25) is 11.7 Å². The summed E-state index contributed by atoms with van der Waals surface area (Å²) in [6.45, 7) is 0.213. The average molecular weight is 434 g/mol. The van der Waals surface area contributed by atoms with Gasteiger partial charge in [-0.3, -0.25) is 19.3 Å². The molecule has 2 aromatic carbocycles. The van der Waals surface area contributed by atoms with Gasteiger partial charge < -0.3 is 15.0 Å². The van der Waals surface area contributed by atoms with Crippen molar-refractivity contribution in [1.82, 2.24) is 15.0 Å². The minimum atomic E-state index is -0.541. The Kier molecular flexibility index (Phi) is 6.25. The minimum absolute atomic E-state index is 0.182. The quantitative estimate of drug-likeness (QED) is 0.384. The molecule has 0 fully saturated rings. The number of rotatable bonds is 10. The standard InChI is InChI=1S/C23H22N4O5/c24-19(28)14-31-16-11-9-15(10-12-16)21-25-20(32-26-21)8-2-1-5-13-27-22(29)17-6-3-4-7-18(17)23(27)30/h3-4,6-7,9-12H,1-2,5,8,13-14H2,(H2,24,28). The molecule has 9 heteroatoms. The number of hydrogen-bond acceptors (Lipinski definition) is 7. The van der Waals surface area contributed by atoms with Crippen molar-refractivity contribution >= 4 is 17.7 Å². The van der Waals surface area contributed by atoms with Crippen LogP contribution in [0.2, 0.25) is 0 Å². The molecule has 1 aliphatic heterocycles. The molecule has 164 valence electrons. The second-order valence-electron chi connectivity index (χ2n) is 7.41. The highest BCUT2D eigenvalue weighted by Gasteiger charge is 2.34. The zero-order chi connectivity index (χ0) is 22.5. The molecule has 0 radical (unpaired) electrons. The lowest BCUT2D eigenvalue weighted by molar-refractivity contribution is -0.119. The summed E-state index contributed by atoms with van der Waals surface area (Å²) in [6, 6.07) is 13.8. The van der Waals surface area contributed by atoms with Gasteiger partial charge in [0.05, 0.1) is 11.1 Å². The molecule has 1 aliphatic rings. The fourth-order valence-corrected chi connectivity index (χ4v) is 3.49. The maximum Gasteiger partial charge on any atom is 0.261 e. The lowest BCUT2D eigenvalue weighted by Gasteiger charge is -2.13. The third-order valence-corrected chi connectivity index (χ3v) is 5.11. The van der Waals surface area contributed by atoms with E-state index in [1.807, 2.05) is 0 Å². The van der Waals surface area contributed by atoms with Crippen molar-refractivity contribution in [2.24, 2.45) is 5.73 Å². The number of ether oxygens (including phenoxy) is 1. The SMILES string of the molecule is NC(=O)COc1ccc(-c2noc(CCCCCN3C(=O)c4ccccc4C3=O)n2)cc1. The van der Waals surface area contributed by atoms with Crippen LogP contribution in [0, 0.1) is 0 Å². The molecule has 0 aliphatic carbocycles. The smallest absolute Gasteiger partial charge is 0.261 e. The molecule has 3 amide bonds. The highest BCUT2D eigenvalue weighted by molar-refractivity contribution is 6.21. The first-order valence-electron chi connectivity index (χ1n) is 10.3. The van der Waals surface area contributed by atoms with Crippen LogP contribution in [0.1, 0.15) is 45.9 Å². The largest absolute Gasteiger partial charge is 0.484 e. The van der Waals surface area contributed by atoms with Crippen molar-refractivity contribution in [2.75, 3.05) is 13.2 Å². The van der Waals surface area contributed by atoms with E-state index in [1.54, 1.807) is 48.5 Å². The Bertz CT molecular complexity index is 1100. The summed E-state index contributed by atoms with van der Waals surface area (Å²) in [6.07, 6.45) is 2.93. The number of aromatic nitrogens is 2. The van der Waals surface area contributed by atoms with Crippen LogP contribution in [0.15, 0.2) is 53.1 Å². The van der Waals surface area contributed by atoms with Gasteiger partial charge in [0.1, 0.15) is 5.75 Å². The van der Waals surface area contributed by atoms with Crippen LogP contribution in [-0.2, 0) is 11.2 Å². The fraction of sp³-hybridized carbons (Fsp3) is 0.261. The van der Waals surface area contributed by atoms with E-state index in [9.17, 15) is 14.4 Å². The molecular weight excluding hydrogens is 412 g/mol. The molecular formula is C23H22N4O5. The lowest BCUT2D eigenvalue weighted by atomic mass is 10.1. The van der Waals surface area contributed by atoms with Crippen LogP contribution < -0.4 is 10.5 Å². The van der Waals surface area contributed by atoms with Crippen LogP contribution in [0.25, 0.3) is 11.4 Å². The summed E-state index contributed by atoms with van der Waals surface area (Å²) in [4.78, 5) is 41.2.